The Morgan fingerprint density at radius 1 is 1.03 bits per heavy atom. The molecule has 0 N–H and O–H groups in total. The molecule has 2 atom stereocenters. The van der Waals surface area contributed by atoms with Gasteiger partial charge in [-0.25, -0.2) is 0 Å². The molecule has 0 aliphatic carbocycles. The second-order valence-electron chi connectivity index (χ2n) is 9.58. The Bertz CT molecular complexity index is 1140. The van der Waals surface area contributed by atoms with Crippen molar-refractivity contribution < 1.29 is 14.3 Å². The molecule has 1 fully saturated rings. The Morgan fingerprint density at radius 3 is 2.26 bits per heavy atom. The van der Waals surface area contributed by atoms with Gasteiger partial charge in [0.15, 0.2) is 11.5 Å². The van der Waals surface area contributed by atoms with Gasteiger partial charge in [-0.1, -0.05) is 12.1 Å². The highest BCUT2D eigenvalue weighted by Gasteiger charge is 2.36. The van der Waals surface area contributed by atoms with Gasteiger partial charge in [0.25, 0.3) is 5.91 Å². The Kier molecular flexibility index (Phi) is 7.12. The third-order valence-electron chi connectivity index (χ3n) is 6.69. The molecule has 8 heteroatoms. The van der Waals surface area contributed by atoms with Crippen LogP contribution in [0.5, 0.6) is 11.5 Å². The lowest BCUT2D eigenvalue weighted by molar-refractivity contribution is 0.0999. The molecule has 0 unspecified atom stereocenters. The van der Waals surface area contributed by atoms with Gasteiger partial charge in [0.1, 0.15) is 0 Å². The molecule has 2 aromatic carbocycles. The first-order valence-electron chi connectivity index (χ1n) is 11.8. The van der Waals surface area contributed by atoms with Crippen LogP contribution in [0.15, 0.2) is 46.4 Å². The van der Waals surface area contributed by atoms with Gasteiger partial charge >= 0.3 is 0 Å². The van der Waals surface area contributed by atoms with E-state index in [1.54, 1.807) is 14.2 Å². The Morgan fingerprint density at radius 2 is 1.66 bits per heavy atom. The summed E-state index contributed by atoms with van der Waals surface area (Å²) in [5.74, 6) is 2.04. The lowest BCUT2D eigenvalue weighted by atomic mass is 9.79. The van der Waals surface area contributed by atoms with Crippen molar-refractivity contribution in [3.63, 3.8) is 0 Å². The highest BCUT2D eigenvalue weighted by atomic mass is 16.5. The largest absolute Gasteiger partial charge is 0.493 e. The standard InChI is InChI=1S/C27H35N5O3/c1-30(2)27(31(3)4)29-26(33)18-10-8-17(9-11-18)25-20-15-24(35-7)23(34-6)14-19(20)21-16-32(5)13-12-22(21)28-25/h8-11,14-15,21-22H,12-13,16H2,1-7H3/t21-,22-/m0/s1. The fraction of sp³-hybridized carbons (Fsp3) is 0.444. The number of fused-ring (bicyclic) bond motifs is 3. The van der Waals surface area contributed by atoms with Crippen molar-refractivity contribution in [2.24, 2.45) is 9.98 Å². The number of carbonyl (C=O) groups excluding carboxylic acids is 1. The van der Waals surface area contributed by atoms with Crippen molar-refractivity contribution in [2.75, 3.05) is 62.5 Å². The average molecular weight is 478 g/mol. The van der Waals surface area contributed by atoms with Gasteiger partial charge in [-0.15, -0.1) is 0 Å². The number of aliphatic imine (C=N–C) groups is 2. The molecule has 8 nitrogen and oxygen atoms in total. The van der Waals surface area contributed by atoms with Crippen LogP contribution >= 0.6 is 0 Å². The van der Waals surface area contributed by atoms with Crippen molar-refractivity contribution >= 4 is 17.6 Å². The lowest BCUT2D eigenvalue weighted by Gasteiger charge is -2.39. The highest BCUT2D eigenvalue weighted by molar-refractivity contribution is 6.15. The van der Waals surface area contributed by atoms with Crippen LogP contribution in [0.1, 0.15) is 39.4 Å². The summed E-state index contributed by atoms with van der Waals surface area (Å²) >= 11 is 0. The maximum Gasteiger partial charge on any atom is 0.280 e. The molecule has 0 radical (unpaired) electrons. The van der Waals surface area contributed by atoms with Crippen LogP contribution in [0.25, 0.3) is 0 Å². The number of benzene rings is 2. The number of rotatable bonds is 4. The van der Waals surface area contributed by atoms with Gasteiger partial charge in [-0.3, -0.25) is 9.79 Å². The molecule has 2 heterocycles. The van der Waals surface area contributed by atoms with E-state index < -0.39 is 0 Å². The van der Waals surface area contributed by atoms with Gasteiger partial charge in [0, 0.05) is 57.3 Å². The summed E-state index contributed by atoms with van der Waals surface area (Å²) in [6.45, 7) is 1.97. The molecule has 0 bridgehead atoms. The third-order valence-corrected chi connectivity index (χ3v) is 6.69. The van der Waals surface area contributed by atoms with Crippen molar-refractivity contribution in [3.8, 4) is 11.5 Å². The molecule has 0 aromatic heterocycles. The molecule has 186 valence electrons. The zero-order chi connectivity index (χ0) is 25.3. The molecule has 2 aromatic rings. The second-order valence-corrected chi connectivity index (χ2v) is 9.58. The summed E-state index contributed by atoms with van der Waals surface area (Å²) in [7, 11) is 13.0. The predicted octanol–water partition coefficient (Wildman–Crippen LogP) is 2.96. The SMILES string of the molecule is COc1cc2c(cc1OC)[C@@H]1CN(C)CC[C@@H]1N=C2c1ccc(C(=O)N=C(N(C)C)N(C)C)cc1. The number of guanidine groups is 1. The number of amides is 1. The smallest absolute Gasteiger partial charge is 0.280 e. The maximum absolute atomic E-state index is 12.8. The van der Waals surface area contributed by atoms with E-state index in [4.69, 9.17) is 14.5 Å². The Hall–Kier alpha value is -3.39. The van der Waals surface area contributed by atoms with E-state index in [0.717, 1.165) is 42.1 Å². The first-order chi connectivity index (χ1) is 16.7. The highest BCUT2D eigenvalue weighted by Crippen LogP contribution is 2.42. The zero-order valence-electron chi connectivity index (χ0n) is 21.7. The van der Waals surface area contributed by atoms with Crippen LogP contribution in [-0.4, -0.2) is 101 Å². The first-order valence-corrected chi connectivity index (χ1v) is 11.8. The van der Waals surface area contributed by atoms with Crippen molar-refractivity contribution in [3.05, 3.63) is 58.7 Å². The molecule has 2 aliphatic heterocycles. The number of hydrogen-bond donors (Lipinski definition) is 0. The number of likely N-dealkylation sites (tertiary alicyclic amines) is 1. The summed E-state index contributed by atoms with van der Waals surface area (Å²) in [6.07, 6.45) is 1.00. The molecule has 4 rings (SSSR count). The van der Waals surface area contributed by atoms with Gasteiger partial charge in [0.05, 0.1) is 26.0 Å². The van der Waals surface area contributed by atoms with E-state index in [2.05, 4.69) is 23.0 Å². The van der Waals surface area contributed by atoms with Crippen LogP contribution < -0.4 is 9.47 Å². The monoisotopic (exact) mass is 477 g/mol. The minimum absolute atomic E-state index is 0.209. The van der Waals surface area contributed by atoms with Gasteiger partial charge in [0.2, 0.25) is 5.96 Å². The lowest BCUT2D eigenvalue weighted by Crippen LogP contribution is -2.41. The number of ether oxygens (including phenoxy) is 2. The molecule has 2 aliphatic rings. The summed E-state index contributed by atoms with van der Waals surface area (Å²) in [5.41, 5.74) is 4.72. The number of hydrogen-bond acceptors (Lipinski definition) is 5. The number of likely N-dealkylation sites (N-methyl/N-ethyl adjacent to an activating group) is 1. The van der Waals surface area contributed by atoms with Gasteiger partial charge in [-0.05, 0) is 49.8 Å². The molecular formula is C27H35N5O3. The van der Waals surface area contributed by atoms with E-state index >= 15 is 0 Å². The number of piperidine rings is 1. The minimum Gasteiger partial charge on any atom is -0.493 e. The van der Waals surface area contributed by atoms with Crippen molar-refractivity contribution in [1.82, 2.24) is 14.7 Å². The molecule has 0 saturated carbocycles. The topological polar surface area (TPSA) is 70.0 Å². The number of carbonyl (C=O) groups is 1. The first kappa shape index (κ1) is 24.7. The third kappa shape index (κ3) is 4.89. The van der Waals surface area contributed by atoms with Crippen LogP contribution in [0, 0.1) is 0 Å². The van der Waals surface area contributed by atoms with E-state index in [9.17, 15) is 4.79 Å². The second kappa shape index (κ2) is 10.1. The van der Waals surface area contributed by atoms with Crippen LogP contribution in [0.3, 0.4) is 0 Å². The van der Waals surface area contributed by atoms with E-state index in [1.165, 1.54) is 5.56 Å². The molecule has 0 spiro atoms. The quantitative estimate of drug-likeness (QED) is 0.498. The summed E-state index contributed by atoms with van der Waals surface area (Å²) in [6, 6.07) is 11.9. The van der Waals surface area contributed by atoms with Crippen molar-refractivity contribution in [1.29, 1.82) is 0 Å². The van der Waals surface area contributed by atoms with E-state index in [-0.39, 0.29) is 11.9 Å². The van der Waals surface area contributed by atoms with E-state index in [0.29, 0.717) is 23.2 Å². The zero-order valence-corrected chi connectivity index (χ0v) is 21.7. The van der Waals surface area contributed by atoms with E-state index in [1.807, 2.05) is 68.3 Å². The predicted molar refractivity (Wildman–Crippen MR) is 139 cm³/mol. The molecule has 1 saturated heterocycles. The van der Waals surface area contributed by atoms with Gasteiger partial charge in [-0.2, -0.15) is 4.99 Å². The molecule has 1 amide bonds. The Labute approximate surface area is 207 Å². The minimum atomic E-state index is -0.276. The van der Waals surface area contributed by atoms with Crippen molar-refractivity contribution in [2.45, 2.75) is 18.4 Å². The van der Waals surface area contributed by atoms with Gasteiger partial charge < -0.3 is 24.2 Å². The Balaban J connectivity index is 1.73. The van der Waals surface area contributed by atoms with Crippen LogP contribution in [0.4, 0.5) is 0 Å². The fourth-order valence-corrected chi connectivity index (χ4v) is 4.96. The summed E-state index contributed by atoms with van der Waals surface area (Å²) < 4.78 is 11.2. The summed E-state index contributed by atoms with van der Waals surface area (Å²) in [4.78, 5) is 28.3. The molecular weight excluding hydrogens is 442 g/mol. The van der Waals surface area contributed by atoms with Crippen LogP contribution in [0.2, 0.25) is 0 Å². The number of methoxy groups -OCH3 is 2. The fourth-order valence-electron chi connectivity index (χ4n) is 4.96. The molecule has 35 heavy (non-hydrogen) atoms. The summed E-state index contributed by atoms with van der Waals surface area (Å²) in [5, 5.41) is 0. The van der Waals surface area contributed by atoms with Crippen LogP contribution in [-0.2, 0) is 0 Å². The normalized spacial score (nSPS) is 19.1. The average Bonchev–Trinajstić information content (AvgIpc) is 2.85. The number of nitrogens with zero attached hydrogens (tertiary/aromatic N) is 5. The maximum atomic E-state index is 12.8.